The highest BCUT2D eigenvalue weighted by atomic mass is 16.2. The molecule has 1 saturated heterocycles. The summed E-state index contributed by atoms with van der Waals surface area (Å²) < 4.78 is 0. The highest BCUT2D eigenvalue weighted by molar-refractivity contribution is 5.96. The first-order valence-electron chi connectivity index (χ1n) is 8.38. The molecular weight excluding hydrogens is 290 g/mol. The summed E-state index contributed by atoms with van der Waals surface area (Å²) >= 11 is 0. The van der Waals surface area contributed by atoms with E-state index in [1.807, 2.05) is 37.8 Å². The van der Waals surface area contributed by atoms with Gasteiger partial charge in [-0.25, -0.2) is 0 Å². The van der Waals surface area contributed by atoms with Gasteiger partial charge >= 0.3 is 0 Å². The molecule has 0 bridgehead atoms. The normalized spacial score (nSPS) is 15.4. The summed E-state index contributed by atoms with van der Waals surface area (Å²) in [5.74, 6) is 0.408. The van der Waals surface area contributed by atoms with Gasteiger partial charge in [-0.05, 0) is 49.6 Å². The lowest BCUT2D eigenvalue weighted by molar-refractivity contribution is -0.116. The van der Waals surface area contributed by atoms with Crippen LogP contribution in [0.25, 0.3) is 0 Å². The predicted octanol–water partition coefficient (Wildman–Crippen LogP) is 2.42. The van der Waals surface area contributed by atoms with Gasteiger partial charge in [-0.2, -0.15) is 0 Å². The monoisotopic (exact) mass is 317 g/mol. The average molecular weight is 317 g/mol. The maximum Gasteiger partial charge on any atom is 0.253 e. The van der Waals surface area contributed by atoms with Crippen molar-refractivity contribution >= 4 is 17.5 Å². The largest absolute Gasteiger partial charge is 0.337 e. The lowest BCUT2D eigenvalue weighted by Gasteiger charge is -2.20. The number of anilines is 1. The molecule has 0 saturated carbocycles. The summed E-state index contributed by atoms with van der Waals surface area (Å²) in [6.07, 6.45) is 1.48. The number of amides is 2. The maximum absolute atomic E-state index is 12.6. The first-order valence-corrected chi connectivity index (χ1v) is 8.38. The molecule has 0 atom stereocenters. The van der Waals surface area contributed by atoms with E-state index in [2.05, 4.69) is 10.6 Å². The Morgan fingerprint density at radius 3 is 2.74 bits per heavy atom. The molecule has 0 aliphatic carbocycles. The topological polar surface area (TPSA) is 61.4 Å². The van der Waals surface area contributed by atoms with Crippen molar-refractivity contribution in [1.29, 1.82) is 0 Å². The van der Waals surface area contributed by atoms with E-state index >= 15 is 0 Å². The molecule has 1 fully saturated rings. The molecule has 0 unspecified atom stereocenters. The zero-order valence-corrected chi connectivity index (χ0v) is 14.3. The number of hydrogen-bond donors (Lipinski definition) is 2. The van der Waals surface area contributed by atoms with Gasteiger partial charge in [0, 0.05) is 37.3 Å². The number of carbonyl (C=O) groups is 2. The van der Waals surface area contributed by atoms with Crippen molar-refractivity contribution < 1.29 is 9.59 Å². The van der Waals surface area contributed by atoms with Crippen LogP contribution < -0.4 is 10.6 Å². The van der Waals surface area contributed by atoms with E-state index in [0.29, 0.717) is 17.9 Å². The molecule has 1 aromatic carbocycles. The third-order valence-corrected chi connectivity index (χ3v) is 3.97. The average Bonchev–Trinajstić information content (AvgIpc) is 2.77. The lowest BCUT2D eigenvalue weighted by Crippen LogP contribution is -2.34. The molecule has 5 heteroatoms. The molecule has 1 aliphatic rings. The van der Waals surface area contributed by atoms with Crippen LogP contribution in [0.15, 0.2) is 18.2 Å². The van der Waals surface area contributed by atoms with Gasteiger partial charge < -0.3 is 15.5 Å². The predicted molar refractivity (Wildman–Crippen MR) is 92.7 cm³/mol. The molecule has 0 spiro atoms. The third kappa shape index (κ3) is 5.06. The van der Waals surface area contributed by atoms with Crippen LogP contribution in [-0.2, 0) is 4.79 Å². The fourth-order valence-corrected chi connectivity index (χ4v) is 2.74. The zero-order chi connectivity index (χ0) is 16.8. The number of benzene rings is 1. The summed E-state index contributed by atoms with van der Waals surface area (Å²) in [7, 11) is 0. The van der Waals surface area contributed by atoms with Gasteiger partial charge in [-0.3, -0.25) is 9.59 Å². The van der Waals surface area contributed by atoms with E-state index in [4.69, 9.17) is 0 Å². The number of nitrogens with zero attached hydrogens (tertiary/aromatic N) is 1. The SMILES string of the molecule is Cc1cc(C(=O)N2CCCNCC2)ccc1NC(=O)CC(C)C. The molecule has 2 rings (SSSR count). The molecule has 1 heterocycles. The Kier molecular flexibility index (Phi) is 6.16. The maximum atomic E-state index is 12.6. The van der Waals surface area contributed by atoms with Crippen LogP contribution in [0.5, 0.6) is 0 Å². The van der Waals surface area contributed by atoms with Crippen LogP contribution in [-0.4, -0.2) is 42.9 Å². The molecular formula is C18H27N3O2. The van der Waals surface area contributed by atoms with Gasteiger partial charge in [0.2, 0.25) is 5.91 Å². The zero-order valence-electron chi connectivity index (χ0n) is 14.3. The second kappa shape index (κ2) is 8.11. The van der Waals surface area contributed by atoms with Crippen LogP contribution in [0.4, 0.5) is 5.69 Å². The summed E-state index contributed by atoms with van der Waals surface area (Å²) in [6, 6.07) is 5.50. The first kappa shape index (κ1) is 17.5. The molecule has 0 aromatic heterocycles. The summed E-state index contributed by atoms with van der Waals surface area (Å²) in [4.78, 5) is 26.4. The van der Waals surface area contributed by atoms with E-state index in [1.165, 1.54) is 0 Å². The van der Waals surface area contributed by atoms with Crippen molar-refractivity contribution in [2.75, 3.05) is 31.5 Å². The minimum atomic E-state index is 0.0146. The van der Waals surface area contributed by atoms with Gasteiger partial charge in [0.15, 0.2) is 0 Å². The fourth-order valence-electron chi connectivity index (χ4n) is 2.74. The molecule has 5 nitrogen and oxygen atoms in total. The van der Waals surface area contributed by atoms with Gasteiger partial charge in [0.25, 0.3) is 5.91 Å². The quantitative estimate of drug-likeness (QED) is 0.896. The van der Waals surface area contributed by atoms with Gasteiger partial charge in [0.05, 0.1) is 0 Å². The van der Waals surface area contributed by atoms with Gasteiger partial charge in [-0.1, -0.05) is 13.8 Å². The van der Waals surface area contributed by atoms with Crippen molar-refractivity contribution in [3.8, 4) is 0 Å². The van der Waals surface area contributed by atoms with Crippen molar-refractivity contribution in [3.63, 3.8) is 0 Å². The van der Waals surface area contributed by atoms with Crippen molar-refractivity contribution in [3.05, 3.63) is 29.3 Å². The number of hydrogen-bond acceptors (Lipinski definition) is 3. The van der Waals surface area contributed by atoms with Crippen molar-refractivity contribution in [2.24, 2.45) is 5.92 Å². The van der Waals surface area contributed by atoms with E-state index in [9.17, 15) is 9.59 Å². The van der Waals surface area contributed by atoms with Crippen molar-refractivity contribution in [2.45, 2.75) is 33.6 Å². The molecule has 1 aromatic rings. The smallest absolute Gasteiger partial charge is 0.253 e. The second-order valence-corrected chi connectivity index (χ2v) is 6.57. The van der Waals surface area contributed by atoms with Crippen LogP contribution in [0.2, 0.25) is 0 Å². The van der Waals surface area contributed by atoms with E-state index in [1.54, 1.807) is 6.07 Å². The Hall–Kier alpha value is -1.88. The molecule has 23 heavy (non-hydrogen) atoms. The molecule has 126 valence electrons. The Morgan fingerprint density at radius 2 is 2.04 bits per heavy atom. The van der Waals surface area contributed by atoms with Gasteiger partial charge in [-0.15, -0.1) is 0 Å². The Labute approximate surface area is 138 Å². The van der Waals surface area contributed by atoms with E-state index < -0.39 is 0 Å². The number of nitrogens with one attached hydrogen (secondary N) is 2. The lowest BCUT2D eigenvalue weighted by atomic mass is 10.1. The molecule has 0 radical (unpaired) electrons. The number of aryl methyl sites for hydroxylation is 1. The van der Waals surface area contributed by atoms with Crippen LogP contribution in [0.3, 0.4) is 0 Å². The summed E-state index contributed by atoms with van der Waals surface area (Å²) in [6.45, 7) is 9.29. The molecule has 2 N–H and O–H groups in total. The molecule has 1 aliphatic heterocycles. The van der Waals surface area contributed by atoms with Crippen molar-refractivity contribution in [1.82, 2.24) is 10.2 Å². The summed E-state index contributed by atoms with van der Waals surface area (Å²) in [5.41, 5.74) is 2.39. The minimum Gasteiger partial charge on any atom is -0.337 e. The standard InChI is InChI=1S/C18H27N3O2/c1-13(2)11-17(22)20-16-6-5-15(12-14(16)3)18(23)21-9-4-7-19-8-10-21/h5-6,12-13,19H,4,7-11H2,1-3H3,(H,20,22). The van der Waals surface area contributed by atoms with Crippen LogP contribution in [0, 0.1) is 12.8 Å². The fraction of sp³-hybridized carbons (Fsp3) is 0.556. The summed E-state index contributed by atoms with van der Waals surface area (Å²) in [5, 5.41) is 6.22. The first-order chi connectivity index (χ1) is 11.0. The number of carbonyl (C=O) groups excluding carboxylic acids is 2. The minimum absolute atomic E-state index is 0.0146. The Balaban J connectivity index is 2.05. The Bertz CT molecular complexity index is 561. The highest BCUT2D eigenvalue weighted by Gasteiger charge is 2.18. The highest BCUT2D eigenvalue weighted by Crippen LogP contribution is 2.19. The van der Waals surface area contributed by atoms with Crippen LogP contribution >= 0.6 is 0 Å². The number of rotatable bonds is 4. The van der Waals surface area contributed by atoms with Gasteiger partial charge in [0.1, 0.15) is 0 Å². The van der Waals surface area contributed by atoms with Crippen LogP contribution in [0.1, 0.15) is 42.6 Å². The second-order valence-electron chi connectivity index (χ2n) is 6.57. The van der Waals surface area contributed by atoms with E-state index in [0.717, 1.165) is 43.9 Å². The Morgan fingerprint density at radius 1 is 1.26 bits per heavy atom. The third-order valence-electron chi connectivity index (χ3n) is 3.97. The van der Waals surface area contributed by atoms with E-state index in [-0.39, 0.29) is 11.8 Å². The molecule has 2 amide bonds.